The van der Waals surface area contributed by atoms with E-state index in [1.165, 1.54) is 0 Å². The molecule has 6 nitrogen and oxygen atoms in total. The molecule has 25 heavy (non-hydrogen) atoms. The van der Waals surface area contributed by atoms with E-state index in [0.717, 1.165) is 19.3 Å². The Morgan fingerprint density at radius 3 is 2.88 bits per heavy atom. The van der Waals surface area contributed by atoms with Crippen LogP contribution in [0.4, 0.5) is 15.9 Å². The second-order valence-corrected chi connectivity index (χ2v) is 6.58. The lowest BCUT2D eigenvalue weighted by atomic mass is 10.2. The molecule has 0 aliphatic carbocycles. The second-order valence-electron chi connectivity index (χ2n) is 5.74. The second kappa shape index (κ2) is 6.74. The first kappa shape index (κ1) is 16.5. The average molecular weight is 382 g/mol. The summed E-state index contributed by atoms with van der Waals surface area (Å²) in [5.41, 5.74) is 1.38. The minimum absolute atomic E-state index is 0.194. The van der Waals surface area contributed by atoms with Crippen molar-refractivity contribution in [3.8, 4) is 0 Å². The number of rotatable bonds is 3. The number of imidazole rings is 1. The highest BCUT2D eigenvalue weighted by atomic mass is 35.5. The Balaban J connectivity index is 1.75. The molecule has 2 aromatic heterocycles. The van der Waals surface area contributed by atoms with Crippen molar-refractivity contribution in [3.05, 3.63) is 40.6 Å². The Morgan fingerprint density at radius 2 is 2.12 bits per heavy atom. The third kappa shape index (κ3) is 3.27. The molecular weight excluding hydrogens is 368 g/mol. The van der Waals surface area contributed by atoms with Crippen LogP contribution >= 0.6 is 23.2 Å². The smallest absolute Gasteiger partial charge is 0.312 e. The number of benzene rings is 1. The summed E-state index contributed by atoms with van der Waals surface area (Å²) in [4.78, 5) is 12.1. The van der Waals surface area contributed by atoms with Crippen LogP contribution in [-0.4, -0.2) is 26.1 Å². The molecule has 4 rings (SSSR count). The van der Waals surface area contributed by atoms with Crippen LogP contribution in [0.5, 0.6) is 0 Å². The summed E-state index contributed by atoms with van der Waals surface area (Å²) in [5, 5.41) is 3.91. The standard InChI is InChI=1S/C16H14Cl2FN5O/c17-9-4-5-11(10(18)7-9)21-14-13-15(23-16(19)22-14)24(8-20-13)12-3-1-2-6-25-12/h4-5,7-8,12H,1-3,6H2,(H,21,22,23). The average Bonchev–Trinajstić information content (AvgIpc) is 3.02. The van der Waals surface area contributed by atoms with Gasteiger partial charge >= 0.3 is 6.08 Å². The monoisotopic (exact) mass is 381 g/mol. The molecule has 1 aromatic carbocycles. The number of nitrogens with one attached hydrogen (secondary N) is 1. The predicted octanol–water partition coefficient (Wildman–Crippen LogP) is 4.71. The van der Waals surface area contributed by atoms with Crippen molar-refractivity contribution in [1.82, 2.24) is 19.5 Å². The molecule has 130 valence electrons. The maximum atomic E-state index is 14.0. The Morgan fingerprint density at radius 1 is 1.24 bits per heavy atom. The Labute approximate surface area is 153 Å². The van der Waals surface area contributed by atoms with E-state index < -0.39 is 6.08 Å². The third-order valence-corrected chi connectivity index (χ3v) is 4.59. The molecule has 1 N–H and O–H groups in total. The fourth-order valence-corrected chi connectivity index (χ4v) is 3.31. The summed E-state index contributed by atoms with van der Waals surface area (Å²) in [5.74, 6) is 0.237. The van der Waals surface area contributed by atoms with Gasteiger partial charge in [-0.15, -0.1) is 0 Å². The van der Waals surface area contributed by atoms with Crippen molar-refractivity contribution in [3.63, 3.8) is 0 Å². The van der Waals surface area contributed by atoms with Crippen molar-refractivity contribution in [2.24, 2.45) is 0 Å². The zero-order valence-corrected chi connectivity index (χ0v) is 14.6. The predicted molar refractivity (Wildman–Crippen MR) is 93.9 cm³/mol. The van der Waals surface area contributed by atoms with E-state index in [2.05, 4.69) is 20.3 Å². The van der Waals surface area contributed by atoms with Gasteiger partial charge < -0.3 is 10.1 Å². The maximum Gasteiger partial charge on any atom is 0.312 e. The highest BCUT2D eigenvalue weighted by Crippen LogP contribution is 2.31. The lowest BCUT2D eigenvalue weighted by Gasteiger charge is -2.23. The number of hydrogen-bond donors (Lipinski definition) is 1. The van der Waals surface area contributed by atoms with Gasteiger partial charge in [0.15, 0.2) is 17.0 Å². The van der Waals surface area contributed by atoms with Gasteiger partial charge in [-0.2, -0.15) is 14.4 Å². The van der Waals surface area contributed by atoms with Gasteiger partial charge in [0, 0.05) is 11.6 Å². The Bertz CT molecular complexity index is 926. The molecule has 0 radical (unpaired) electrons. The van der Waals surface area contributed by atoms with Gasteiger partial charge in [0.05, 0.1) is 17.0 Å². The van der Waals surface area contributed by atoms with Gasteiger partial charge in [-0.1, -0.05) is 23.2 Å². The zero-order valence-electron chi connectivity index (χ0n) is 13.0. The maximum absolute atomic E-state index is 14.0. The summed E-state index contributed by atoms with van der Waals surface area (Å²) in [6.45, 7) is 0.670. The van der Waals surface area contributed by atoms with Gasteiger partial charge in [0.2, 0.25) is 0 Å². The van der Waals surface area contributed by atoms with Crippen LogP contribution in [-0.2, 0) is 4.74 Å². The van der Waals surface area contributed by atoms with Crippen LogP contribution in [0, 0.1) is 6.08 Å². The van der Waals surface area contributed by atoms with Gasteiger partial charge in [0.1, 0.15) is 6.23 Å². The fraction of sp³-hybridized carbons (Fsp3) is 0.312. The third-order valence-electron chi connectivity index (χ3n) is 4.04. The lowest BCUT2D eigenvalue weighted by molar-refractivity contribution is -0.0298. The van der Waals surface area contributed by atoms with E-state index in [9.17, 15) is 4.39 Å². The van der Waals surface area contributed by atoms with Gasteiger partial charge in [-0.05, 0) is 37.5 Å². The summed E-state index contributed by atoms with van der Waals surface area (Å²) in [7, 11) is 0. The molecule has 3 aromatic rings. The molecule has 1 aliphatic heterocycles. The van der Waals surface area contributed by atoms with Crippen molar-refractivity contribution in [2.45, 2.75) is 25.5 Å². The minimum atomic E-state index is -0.849. The summed E-state index contributed by atoms with van der Waals surface area (Å²) in [6.07, 6.45) is 3.46. The van der Waals surface area contributed by atoms with Crippen LogP contribution in [0.1, 0.15) is 25.5 Å². The van der Waals surface area contributed by atoms with Crippen LogP contribution in [0.3, 0.4) is 0 Å². The highest BCUT2D eigenvalue weighted by molar-refractivity contribution is 6.36. The van der Waals surface area contributed by atoms with Crippen molar-refractivity contribution < 1.29 is 9.13 Å². The van der Waals surface area contributed by atoms with Crippen LogP contribution in [0.15, 0.2) is 24.5 Å². The number of anilines is 2. The molecule has 0 bridgehead atoms. The molecule has 9 heteroatoms. The van der Waals surface area contributed by atoms with Crippen molar-refractivity contribution in [1.29, 1.82) is 0 Å². The molecule has 1 saturated heterocycles. The summed E-state index contributed by atoms with van der Waals surface area (Å²) >= 11 is 12.1. The van der Waals surface area contributed by atoms with Gasteiger partial charge in [-0.25, -0.2) is 4.98 Å². The largest absolute Gasteiger partial charge is 0.358 e. The molecule has 0 amide bonds. The molecule has 1 aliphatic rings. The van der Waals surface area contributed by atoms with E-state index in [0.29, 0.717) is 33.5 Å². The Hall–Kier alpha value is -1.96. The van der Waals surface area contributed by atoms with Crippen molar-refractivity contribution >= 4 is 45.9 Å². The molecule has 1 atom stereocenters. The summed E-state index contributed by atoms with van der Waals surface area (Å²) < 4.78 is 21.5. The highest BCUT2D eigenvalue weighted by Gasteiger charge is 2.21. The molecular formula is C16H14Cl2FN5O. The van der Waals surface area contributed by atoms with E-state index in [1.807, 2.05) is 0 Å². The first-order chi connectivity index (χ1) is 12.1. The van der Waals surface area contributed by atoms with Crippen LogP contribution in [0.25, 0.3) is 11.2 Å². The van der Waals surface area contributed by atoms with E-state index >= 15 is 0 Å². The Kier molecular flexibility index (Phi) is 4.45. The quantitative estimate of drug-likeness (QED) is 0.665. The number of hydrogen-bond acceptors (Lipinski definition) is 5. The van der Waals surface area contributed by atoms with E-state index in [1.54, 1.807) is 29.1 Å². The fourth-order valence-electron chi connectivity index (χ4n) is 2.85. The molecule has 0 spiro atoms. The SMILES string of the molecule is Fc1nc(Nc2ccc(Cl)cc2Cl)c2ncn(C3CCCCO3)c2n1. The van der Waals surface area contributed by atoms with Crippen molar-refractivity contribution in [2.75, 3.05) is 11.9 Å². The zero-order chi connectivity index (χ0) is 17.4. The molecule has 0 saturated carbocycles. The molecule has 1 fully saturated rings. The normalized spacial score (nSPS) is 17.8. The van der Waals surface area contributed by atoms with Crippen LogP contribution in [0.2, 0.25) is 10.0 Å². The van der Waals surface area contributed by atoms with Gasteiger partial charge in [0.25, 0.3) is 0 Å². The van der Waals surface area contributed by atoms with E-state index in [-0.39, 0.29) is 12.0 Å². The number of halogens is 3. The first-order valence-corrected chi connectivity index (χ1v) is 8.61. The van der Waals surface area contributed by atoms with Crippen LogP contribution < -0.4 is 5.32 Å². The number of ether oxygens (including phenoxy) is 1. The number of fused-ring (bicyclic) bond motifs is 1. The first-order valence-electron chi connectivity index (χ1n) is 7.85. The lowest BCUT2D eigenvalue weighted by Crippen LogP contribution is -2.18. The number of aromatic nitrogens is 4. The molecule has 3 heterocycles. The molecule has 1 unspecified atom stereocenters. The topological polar surface area (TPSA) is 64.9 Å². The summed E-state index contributed by atoms with van der Waals surface area (Å²) in [6, 6.07) is 4.96. The number of nitrogens with zero attached hydrogens (tertiary/aromatic N) is 4. The van der Waals surface area contributed by atoms with Gasteiger partial charge in [-0.3, -0.25) is 4.57 Å². The van der Waals surface area contributed by atoms with E-state index in [4.69, 9.17) is 27.9 Å². The minimum Gasteiger partial charge on any atom is -0.358 e.